The van der Waals surface area contributed by atoms with Crippen molar-refractivity contribution in [3.05, 3.63) is 48.4 Å². The third-order valence-electron chi connectivity index (χ3n) is 8.17. The van der Waals surface area contributed by atoms with Gasteiger partial charge in [-0.3, -0.25) is 4.79 Å². The highest BCUT2D eigenvalue weighted by molar-refractivity contribution is 6.15. The van der Waals surface area contributed by atoms with Crippen LogP contribution < -0.4 is 5.32 Å². The number of nitrogens with one attached hydrogen (secondary N) is 1. The van der Waals surface area contributed by atoms with E-state index in [0.29, 0.717) is 12.3 Å². The fraction of sp³-hybridized carbons (Fsp3) is 0.710. The number of likely N-dealkylation sites (tertiary alicyclic amines) is 1. The predicted octanol–water partition coefficient (Wildman–Crippen LogP) is 7.44. The first-order valence-corrected chi connectivity index (χ1v) is 13.6. The Bertz CT molecular complexity index is 818. The van der Waals surface area contributed by atoms with Crippen LogP contribution in [-0.2, 0) is 4.79 Å². The molecule has 1 rings (SSSR count). The minimum atomic E-state index is -0.0724. The summed E-state index contributed by atoms with van der Waals surface area (Å²) in [4.78, 5) is 15.1. The van der Waals surface area contributed by atoms with Gasteiger partial charge in [0.1, 0.15) is 7.85 Å². The summed E-state index contributed by atoms with van der Waals surface area (Å²) >= 11 is 0. The Morgan fingerprint density at radius 1 is 1.06 bits per heavy atom. The van der Waals surface area contributed by atoms with Crippen LogP contribution in [0.2, 0.25) is 5.31 Å². The van der Waals surface area contributed by atoms with E-state index in [1.807, 2.05) is 19.9 Å². The Labute approximate surface area is 219 Å². The number of hydrogen-bond donors (Lipinski definition) is 1. The standard InChI is InChI=1S/C31H55BN2O/c1-13-15-18-24(17-14-2)33-23(3)25(31(11,12)32)21-29(7,8)30(9,10)26(22-28(4,5)6)34-20-16-19-27(34)35/h13-15,17-18,25-26,33H,3,16,19-22,32H2,1-2,4-12H3/b15-13-,17-14-,24-18+. The molecule has 1 amide bonds. The minimum absolute atomic E-state index is 0.0256. The molecule has 0 bridgehead atoms. The number of amides is 1. The predicted molar refractivity (Wildman–Crippen MR) is 157 cm³/mol. The average molecular weight is 483 g/mol. The maximum Gasteiger partial charge on any atom is 0.222 e. The van der Waals surface area contributed by atoms with Crippen LogP contribution in [0.1, 0.15) is 102 Å². The molecule has 4 heteroatoms. The fourth-order valence-corrected chi connectivity index (χ4v) is 5.30. The van der Waals surface area contributed by atoms with Crippen LogP contribution in [0.5, 0.6) is 0 Å². The van der Waals surface area contributed by atoms with E-state index in [1.165, 1.54) is 0 Å². The second-order valence-electron chi connectivity index (χ2n) is 14.0. The van der Waals surface area contributed by atoms with Gasteiger partial charge in [-0.25, -0.2) is 0 Å². The van der Waals surface area contributed by atoms with E-state index >= 15 is 0 Å². The summed E-state index contributed by atoms with van der Waals surface area (Å²) in [5.74, 6) is 0.590. The van der Waals surface area contributed by atoms with Gasteiger partial charge >= 0.3 is 0 Å². The van der Waals surface area contributed by atoms with Gasteiger partial charge in [-0.1, -0.05) is 92.4 Å². The lowest BCUT2D eigenvalue weighted by atomic mass is 9.53. The Hall–Kier alpha value is -1.71. The van der Waals surface area contributed by atoms with Gasteiger partial charge in [0.2, 0.25) is 5.91 Å². The fourth-order valence-electron chi connectivity index (χ4n) is 5.30. The monoisotopic (exact) mass is 482 g/mol. The highest BCUT2D eigenvalue weighted by Crippen LogP contribution is 2.53. The normalized spacial score (nSPS) is 18.5. The zero-order chi connectivity index (χ0) is 27.2. The lowest BCUT2D eigenvalue weighted by Crippen LogP contribution is -2.54. The smallest absolute Gasteiger partial charge is 0.222 e. The largest absolute Gasteiger partial charge is 0.359 e. The molecule has 1 heterocycles. The third-order valence-corrected chi connectivity index (χ3v) is 8.17. The van der Waals surface area contributed by atoms with Crippen LogP contribution in [0.15, 0.2) is 48.4 Å². The molecule has 1 aliphatic heterocycles. The molecule has 35 heavy (non-hydrogen) atoms. The van der Waals surface area contributed by atoms with Crippen molar-refractivity contribution in [1.29, 1.82) is 0 Å². The SMILES string of the molecule is BC(C)(C)C(CC(C)(C)C(C)(C)C(CC(C)(C)C)N1CCCC1=O)C(=C)NC(/C=C\C)=C/C=C\C. The van der Waals surface area contributed by atoms with Gasteiger partial charge in [-0.2, -0.15) is 0 Å². The van der Waals surface area contributed by atoms with Crippen molar-refractivity contribution < 1.29 is 4.79 Å². The second-order valence-corrected chi connectivity index (χ2v) is 14.0. The summed E-state index contributed by atoms with van der Waals surface area (Å²) in [6.07, 6.45) is 14.0. The maximum absolute atomic E-state index is 12.9. The molecule has 0 aromatic rings. The van der Waals surface area contributed by atoms with Gasteiger partial charge in [0, 0.05) is 30.4 Å². The zero-order valence-electron chi connectivity index (χ0n) is 25.1. The van der Waals surface area contributed by atoms with Gasteiger partial charge < -0.3 is 10.2 Å². The molecule has 198 valence electrons. The minimum Gasteiger partial charge on any atom is -0.359 e. The molecule has 3 nitrogen and oxygen atoms in total. The van der Waals surface area contributed by atoms with Crippen LogP contribution in [0.25, 0.3) is 0 Å². The van der Waals surface area contributed by atoms with Crippen LogP contribution in [0.4, 0.5) is 0 Å². The number of carbonyl (C=O) groups excluding carboxylic acids is 1. The summed E-state index contributed by atoms with van der Waals surface area (Å²) < 4.78 is 0. The van der Waals surface area contributed by atoms with Crippen LogP contribution in [0.3, 0.4) is 0 Å². The third kappa shape index (κ3) is 8.72. The van der Waals surface area contributed by atoms with E-state index in [1.54, 1.807) is 0 Å². The quantitative estimate of drug-likeness (QED) is 0.232. The Balaban J connectivity index is 3.36. The summed E-state index contributed by atoms with van der Waals surface area (Å²) in [6, 6.07) is 0.211. The summed E-state index contributed by atoms with van der Waals surface area (Å²) in [5.41, 5.74) is 2.16. The lowest BCUT2D eigenvalue weighted by Gasteiger charge is -2.54. The Morgan fingerprint density at radius 2 is 1.66 bits per heavy atom. The molecule has 0 saturated carbocycles. The summed E-state index contributed by atoms with van der Waals surface area (Å²) in [6.45, 7) is 30.6. The molecule has 1 saturated heterocycles. The Morgan fingerprint density at radius 3 is 2.09 bits per heavy atom. The highest BCUT2D eigenvalue weighted by Gasteiger charge is 2.50. The highest BCUT2D eigenvalue weighted by atomic mass is 16.2. The summed E-state index contributed by atoms with van der Waals surface area (Å²) in [7, 11) is 2.31. The first kappa shape index (κ1) is 31.3. The van der Waals surface area contributed by atoms with E-state index in [0.717, 1.165) is 37.2 Å². The van der Waals surface area contributed by atoms with Gasteiger partial charge in [0.25, 0.3) is 0 Å². The molecule has 2 atom stereocenters. The van der Waals surface area contributed by atoms with Gasteiger partial charge in [0.15, 0.2) is 0 Å². The topological polar surface area (TPSA) is 32.3 Å². The van der Waals surface area contributed by atoms with Gasteiger partial charge in [-0.05, 0) is 67.4 Å². The van der Waals surface area contributed by atoms with Crippen molar-refractivity contribution in [2.45, 2.75) is 113 Å². The molecule has 0 aromatic heterocycles. The average Bonchev–Trinajstić information content (AvgIpc) is 3.12. The number of hydrogen-bond acceptors (Lipinski definition) is 2. The number of nitrogens with zero attached hydrogens (tertiary/aromatic N) is 1. The second kappa shape index (κ2) is 12.0. The first-order chi connectivity index (χ1) is 15.9. The molecule has 1 aliphatic rings. The molecule has 0 spiro atoms. The molecule has 0 aliphatic carbocycles. The van der Waals surface area contributed by atoms with E-state index < -0.39 is 0 Å². The molecule has 0 radical (unpaired) electrons. The van der Waals surface area contributed by atoms with E-state index in [-0.39, 0.29) is 33.5 Å². The van der Waals surface area contributed by atoms with Crippen LogP contribution in [0, 0.1) is 22.2 Å². The van der Waals surface area contributed by atoms with Crippen molar-refractivity contribution in [3.63, 3.8) is 0 Å². The van der Waals surface area contributed by atoms with Crippen molar-refractivity contribution in [3.8, 4) is 0 Å². The van der Waals surface area contributed by atoms with Crippen molar-refractivity contribution >= 4 is 13.8 Å². The molecular formula is C31H55BN2O. The number of rotatable bonds is 12. The van der Waals surface area contributed by atoms with Crippen molar-refractivity contribution in [2.75, 3.05) is 6.54 Å². The van der Waals surface area contributed by atoms with E-state index in [4.69, 9.17) is 0 Å². The zero-order valence-corrected chi connectivity index (χ0v) is 25.1. The molecule has 1 N–H and O–H groups in total. The first-order valence-electron chi connectivity index (χ1n) is 13.6. The van der Waals surface area contributed by atoms with Crippen molar-refractivity contribution in [1.82, 2.24) is 10.2 Å². The number of allylic oxidation sites excluding steroid dienone is 6. The lowest BCUT2D eigenvalue weighted by molar-refractivity contribution is -0.136. The van der Waals surface area contributed by atoms with Crippen LogP contribution >= 0.6 is 0 Å². The molecular weight excluding hydrogens is 427 g/mol. The number of carbonyl (C=O) groups is 1. The molecule has 2 unspecified atom stereocenters. The summed E-state index contributed by atoms with van der Waals surface area (Å²) in [5, 5.41) is 3.67. The van der Waals surface area contributed by atoms with E-state index in [2.05, 4.69) is 111 Å². The van der Waals surface area contributed by atoms with Gasteiger partial charge in [0.05, 0.1) is 0 Å². The Kier molecular flexibility index (Phi) is 10.8. The molecule has 1 fully saturated rings. The maximum atomic E-state index is 12.9. The van der Waals surface area contributed by atoms with E-state index in [9.17, 15) is 4.79 Å². The van der Waals surface area contributed by atoms with Gasteiger partial charge in [-0.15, -0.1) is 0 Å². The van der Waals surface area contributed by atoms with Crippen molar-refractivity contribution in [2.24, 2.45) is 22.2 Å². The molecule has 0 aromatic carbocycles. The van der Waals surface area contributed by atoms with Crippen LogP contribution in [-0.4, -0.2) is 31.2 Å².